The highest BCUT2D eigenvalue weighted by Gasteiger charge is 2.16. The third-order valence-electron chi connectivity index (χ3n) is 3.59. The van der Waals surface area contributed by atoms with Crippen LogP contribution in [0.1, 0.15) is 39.0 Å². The van der Waals surface area contributed by atoms with Gasteiger partial charge >= 0.3 is 11.9 Å². The lowest BCUT2D eigenvalue weighted by atomic mass is 10.1. The largest absolute Gasteiger partial charge is 0.478 e. The molecule has 0 unspecified atom stereocenters. The van der Waals surface area contributed by atoms with E-state index in [1.807, 2.05) is 0 Å². The fourth-order valence-electron chi connectivity index (χ4n) is 2.27. The van der Waals surface area contributed by atoms with Crippen molar-refractivity contribution < 1.29 is 24.2 Å². The predicted molar refractivity (Wildman–Crippen MR) is 82.7 cm³/mol. The van der Waals surface area contributed by atoms with Crippen LogP contribution < -0.4 is 0 Å². The van der Waals surface area contributed by atoms with E-state index in [1.54, 1.807) is 0 Å². The van der Waals surface area contributed by atoms with E-state index < -0.39 is 11.9 Å². The Kier molecular flexibility index (Phi) is 9.50. The van der Waals surface area contributed by atoms with Crippen LogP contribution in [0, 0.1) is 0 Å². The zero-order chi connectivity index (χ0) is 16.2. The van der Waals surface area contributed by atoms with E-state index in [2.05, 4.69) is 11.8 Å². The van der Waals surface area contributed by atoms with Crippen LogP contribution in [0.3, 0.4) is 0 Å². The molecule has 1 aliphatic rings. The lowest BCUT2D eigenvalue weighted by Gasteiger charge is -2.26. The second kappa shape index (κ2) is 11.2. The number of aliphatic carboxylic acids is 1. The summed E-state index contributed by atoms with van der Waals surface area (Å²) in [6, 6.07) is 0. The summed E-state index contributed by atoms with van der Waals surface area (Å²) in [7, 11) is 0. The number of hydrogen-bond acceptors (Lipinski definition) is 5. The second-order valence-electron chi connectivity index (χ2n) is 5.41. The quantitative estimate of drug-likeness (QED) is 0.377. The molecule has 0 aromatic rings. The van der Waals surface area contributed by atoms with Crippen LogP contribution in [0.25, 0.3) is 0 Å². The van der Waals surface area contributed by atoms with Gasteiger partial charge in [-0.2, -0.15) is 0 Å². The van der Waals surface area contributed by atoms with Crippen molar-refractivity contribution in [1.82, 2.24) is 4.90 Å². The highest BCUT2D eigenvalue weighted by Crippen LogP contribution is 2.09. The third kappa shape index (κ3) is 8.14. The molecule has 1 saturated heterocycles. The van der Waals surface area contributed by atoms with Gasteiger partial charge in [-0.05, 0) is 12.8 Å². The maximum Gasteiger partial charge on any atom is 0.334 e. The van der Waals surface area contributed by atoms with E-state index in [0.717, 1.165) is 44.8 Å². The van der Waals surface area contributed by atoms with Gasteiger partial charge in [0, 0.05) is 31.3 Å². The average Bonchev–Trinajstić information content (AvgIpc) is 2.51. The summed E-state index contributed by atoms with van der Waals surface area (Å²) < 4.78 is 10.4. The number of hydrogen-bond donors (Lipinski definition) is 1. The van der Waals surface area contributed by atoms with Gasteiger partial charge in [-0.3, -0.25) is 4.90 Å². The normalized spacial score (nSPS) is 16.5. The summed E-state index contributed by atoms with van der Waals surface area (Å²) in [4.78, 5) is 25.0. The fraction of sp³-hybridized carbons (Fsp3) is 0.750. The van der Waals surface area contributed by atoms with E-state index in [1.165, 1.54) is 0 Å². The number of ether oxygens (including phenoxy) is 2. The monoisotopic (exact) mass is 313 g/mol. The third-order valence-corrected chi connectivity index (χ3v) is 3.59. The van der Waals surface area contributed by atoms with Crippen molar-refractivity contribution in [2.24, 2.45) is 0 Å². The zero-order valence-corrected chi connectivity index (χ0v) is 13.4. The Bertz CT molecular complexity index is 375. The molecule has 0 aromatic heterocycles. The maximum absolute atomic E-state index is 12.0. The number of esters is 1. The summed E-state index contributed by atoms with van der Waals surface area (Å²) in [5, 5.41) is 8.89. The van der Waals surface area contributed by atoms with Crippen molar-refractivity contribution in [3.63, 3.8) is 0 Å². The zero-order valence-electron chi connectivity index (χ0n) is 13.4. The summed E-state index contributed by atoms with van der Waals surface area (Å²) in [6.45, 7) is 6.10. The average molecular weight is 313 g/mol. The van der Waals surface area contributed by atoms with E-state index in [4.69, 9.17) is 14.6 Å². The van der Waals surface area contributed by atoms with Gasteiger partial charge in [-0.15, -0.1) is 0 Å². The van der Waals surface area contributed by atoms with E-state index in [9.17, 15) is 9.59 Å². The molecule has 1 rings (SSSR count). The number of carbonyl (C=O) groups is 2. The molecular weight excluding hydrogens is 286 g/mol. The van der Waals surface area contributed by atoms with Crippen molar-refractivity contribution in [3.8, 4) is 0 Å². The molecule has 6 heteroatoms. The van der Waals surface area contributed by atoms with Gasteiger partial charge in [0.15, 0.2) is 0 Å². The summed E-state index contributed by atoms with van der Waals surface area (Å²) in [5.41, 5.74) is 0.231. The van der Waals surface area contributed by atoms with Crippen LogP contribution in [-0.4, -0.2) is 61.4 Å². The minimum absolute atomic E-state index is 0.231. The van der Waals surface area contributed by atoms with Crippen molar-refractivity contribution in [3.05, 3.63) is 11.6 Å². The van der Waals surface area contributed by atoms with Crippen LogP contribution in [0.15, 0.2) is 11.6 Å². The first-order valence-electron chi connectivity index (χ1n) is 8.04. The van der Waals surface area contributed by atoms with E-state index in [-0.39, 0.29) is 5.57 Å². The number of nitrogens with zero attached hydrogens (tertiary/aromatic N) is 1. The van der Waals surface area contributed by atoms with Crippen LogP contribution in [-0.2, 0) is 19.1 Å². The first kappa shape index (κ1) is 18.6. The highest BCUT2D eigenvalue weighted by atomic mass is 16.5. The number of carboxylic acids is 1. The van der Waals surface area contributed by atoms with Crippen molar-refractivity contribution in [2.45, 2.75) is 39.0 Å². The molecule has 0 spiro atoms. The second-order valence-corrected chi connectivity index (χ2v) is 5.41. The van der Waals surface area contributed by atoms with Crippen molar-refractivity contribution in [2.75, 3.05) is 39.5 Å². The molecule has 0 atom stereocenters. The first-order valence-corrected chi connectivity index (χ1v) is 8.04. The van der Waals surface area contributed by atoms with Crippen LogP contribution in [0.2, 0.25) is 0 Å². The predicted octanol–water partition coefficient (Wildman–Crippen LogP) is 1.84. The topological polar surface area (TPSA) is 76.1 Å². The van der Waals surface area contributed by atoms with Gasteiger partial charge < -0.3 is 14.6 Å². The van der Waals surface area contributed by atoms with Crippen LogP contribution in [0.5, 0.6) is 0 Å². The Morgan fingerprint density at radius 2 is 1.95 bits per heavy atom. The molecule has 1 heterocycles. The molecule has 1 fully saturated rings. The van der Waals surface area contributed by atoms with Gasteiger partial charge in [0.1, 0.15) is 0 Å². The number of carbonyl (C=O) groups excluding carboxylic acids is 1. The number of rotatable bonds is 10. The number of morpholine rings is 1. The molecule has 0 bridgehead atoms. The Balaban J connectivity index is 2.38. The SMILES string of the molecule is CCCCCCOC(=O)/C(=C/C(=O)O)CCN1CCOCC1. The van der Waals surface area contributed by atoms with Gasteiger partial charge in [-0.25, -0.2) is 9.59 Å². The molecule has 6 nitrogen and oxygen atoms in total. The molecular formula is C16H27NO5. The number of carboxylic acid groups (broad SMARTS) is 1. The van der Waals surface area contributed by atoms with Gasteiger partial charge in [0.05, 0.1) is 19.8 Å². The summed E-state index contributed by atoms with van der Waals surface area (Å²) in [5.74, 6) is -1.62. The Hall–Kier alpha value is -1.40. The minimum Gasteiger partial charge on any atom is -0.478 e. The summed E-state index contributed by atoms with van der Waals surface area (Å²) >= 11 is 0. The first-order chi connectivity index (χ1) is 10.6. The Morgan fingerprint density at radius 3 is 2.59 bits per heavy atom. The molecule has 0 saturated carbocycles. The lowest BCUT2D eigenvalue weighted by molar-refractivity contribution is -0.140. The molecule has 1 aliphatic heterocycles. The molecule has 0 aromatic carbocycles. The Labute approximate surface area is 132 Å². The highest BCUT2D eigenvalue weighted by molar-refractivity contribution is 5.95. The molecule has 0 amide bonds. The van der Waals surface area contributed by atoms with Gasteiger partial charge in [0.25, 0.3) is 0 Å². The molecule has 1 N–H and O–H groups in total. The van der Waals surface area contributed by atoms with Crippen molar-refractivity contribution >= 4 is 11.9 Å². The van der Waals surface area contributed by atoms with Crippen molar-refractivity contribution in [1.29, 1.82) is 0 Å². The number of unbranched alkanes of at least 4 members (excludes halogenated alkanes) is 3. The molecule has 0 radical (unpaired) electrons. The molecule has 126 valence electrons. The van der Waals surface area contributed by atoms with E-state index in [0.29, 0.717) is 32.8 Å². The molecule has 22 heavy (non-hydrogen) atoms. The lowest BCUT2D eigenvalue weighted by Crippen LogP contribution is -2.37. The van der Waals surface area contributed by atoms with Crippen LogP contribution >= 0.6 is 0 Å². The minimum atomic E-state index is -1.11. The fourth-order valence-corrected chi connectivity index (χ4v) is 2.27. The smallest absolute Gasteiger partial charge is 0.334 e. The van der Waals surface area contributed by atoms with E-state index >= 15 is 0 Å². The van der Waals surface area contributed by atoms with Crippen LogP contribution in [0.4, 0.5) is 0 Å². The van der Waals surface area contributed by atoms with Gasteiger partial charge in [0.2, 0.25) is 0 Å². The summed E-state index contributed by atoms with van der Waals surface area (Å²) in [6.07, 6.45) is 5.44. The Morgan fingerprint density at radius 1 is 1.23 bits per heavy atom. The van der Waals surface area contributed by atoms with Gasteiger partial charge in [-0.1, -0.05) is 26.2 Å². The standard InChI is InChI=1S/C16H27NO5/c1-2-3-4-5-10-22-16(20)14(13-15(18)19)6-7-17-8-11-21-12-9-17/h13H,2-12H2,1H3,(H,18,19)/b14-13+. The maximum atomic E-state index is 12.0. The molecule has 0 aliphatic carbocycles.